The van der Waals surface area contributed by atoms with Gasteiger partial charge >= 0.3 is 0 Å². The molecule has 4 nitrogen and oxygen atoms in total. The van der Waals surface area contributed by atoms with E-state index in [9.17, 15) is 0 Å². The number of hydrogen-bond donors (Lipinski definition) is 2. The summed E-state index contributed by atoms with van der Waals surface area (Å²) in [6.45, 7) is 4.05. The van der Waals surface area contributed by atoms with Gasteiger partial charge in [-0.1, -0.05) is 0 Å². The molecule has 0 bridgehead atoms. The molecule has 1 heterocycles. The van der Waals surface area contributed by atoms with Crippen LogP contribution in [-0.4, -0.2) is 54.9 Å². The van der Waals surface area contributed by atoms with E-state index in [0.29, 0.717) is 6.04 Å². The topological polar surface area (TPSA) is 56.4 Å². The molecule has 1 fully saturated rings. The summed E-state index contributed by atoms with van der Waals surface area (Å²) in [6, 6.07) is 0.757. The third-order valence-electron chi connectivity index (χ3n) is 2.62. The number of likely N-dealkylation sites (N-methyl/N-ethyl adjacent to an activating group) is 1. The maximum absolute atomic E-state index is 7.26. The number of nitrogens with zero attached hydrogens (tertiary/aromatic N) is 2. The molecule has 70 valence electrons. The molecule has 1 atom stereocenters. The summed E-state index contributed by atoms with van der Waals surface area (Å²) in [6.07, 6.45) is 0. The Morgan fingerprint density at radius 1 is 1.58 bits per heavy atom. The molecular formula is C8H18N4. The molecule has 1 aliphatic rings. The van der Waals surface area contributed by atoms with Gasteiger partial charge in [-0.3, -0.25) is 10.3 Å². The normalized spacial score (nSPS) is 22.3. The molecular weight excluding hydrogens is 152 g/mol. The van der Waals surface area contributed by atoms with Crippen LogP contribution in [0.1, 0.15) is 6.92 Å². The second kappa shape index (κ2) is 3.41. The summed E-state index contributed by atoms with van der Waals surface area (Å²) in [7, 11) is 4.17. The zero-order valence-electron chi connectivity index (χ0n) is 8.04. The molecule has 0 radical (unpaired) electrons. The fraction of sp³-hybridized carbons (Fsp3) is 0.875. The number of likely N-dealkylation sites (tertiary alicyclic amines) is 1. The van der Waals surface area contributed by atoms with Crippen LogP contribution in [0.3, 0.4) is 0 Å². The fourth-order valence-electron chi connectivity index (χ4n) is 1.33. The molecule has 1 rings (SSSR count). The van der Waals surface area contributed by atoms with E-state index in [1.807, 2.05) is 6.92 Å². The third-order valence-corrected chi connectivity index (χ3v) is 2.62. The van der Waals surface area contributed by atoms with Crippen molar-refractivity contribution in [2.24, 2.45) is 5.73 Å². The summed E-state index contributed by atoms with van der Waals surface area (Å²) < 4.78 is 0. The Kier molecular flexibility index (Phi) is 2.69. The summed E-state index contributed by atoms with van der Waals surface area (Å²) in [5.41, 5.74) is 5.40. The first-order valence-corrected chi connectivity index (χ1v) is 4.26. The summed E-state index contributed by atoms with van der Waals surface area (Å²) in [5, 5.41) is 7.26. The van der Waals surface area contributed by atoms with E-state index in [-0.39, 0.29) is 11.9 Å². The highest BCUT2D eigenvalue weighted by Gasteiger charge is 2.32. The molecule has 1 saturated heterocycles. The van der Waals surface area contributed by atoms with Crippen molar-refractivity contribution in [2.75, 3.05) is 27.2 Å². The van der Waals surface area contributed by atoms with Crippen LogP contribution in [0.25, 0.3) is 0 Å². The summed E-state index contributed by atoms with van der Waals surface area (Å²) in [4.78, 5) is 4.43. The van der Waals surface area contributed by atoms with Crippen molar-refractivity contribution in [2.45, 2.75) is 19.0 Å². The van der Waals surface area contributed by atoms with Crippen LogP contribution >= 0.6 is 0 Å². The first-order valence-electron chi connectivity index (χ1n) is 4.26. The van der Waals surface area contributed by atoms with Gasteiger partial charge in [0.05, 0.1) is 6.04 Å². The van der Waals surface area contributed by atoms with Crippen molar-refractivity contribution in [3.63, 3.8) is 0 Å². The van der Waals surface area contributed by atoms with Crippen LogP contribution in [-0.2, 0) is 0 Å². The summed E-state index contributed by atoms with van der Waals surface area (Å²) >= 11 is 0. The molecule has 4 heteroatoms. The molecule has 1 unspecified atom stereocenters. The van der Waals surface area contributed by atoms with Gasteiger partial charge in [-0.2, -0.15) is 0 Å². The predicted octanol–water partition coefficient (Wildman–Crippen LogP) is -0.443. The number of hydrogen-bond acceptors (Lipinski definition) is 3. The van der Waals surface area contributed by atoms with E-state index in [4.69, 9.17) is 11.1 Å². The van der Waals surface area contributed by atoms with Crippen molar-refractivity contribution < 1.29 is 0 Å². The van der Waals surface area contributed by atoms with E-state index in [1.54, 1.807) is 0 Å². The van der Waals surface area contributed by atoms with Crippen molar-refractivity contribution in [3.05, 3.63) is 0 Å². The standard InChI is InChI=1S/C8H18N4/c1-6(8(9)10)12-4-7(5-12)11(2)3/h6-7H,4-5H2,1-3H3,(H3,9,10). The van der Waals surface area contributed by atoms with Crippen LogP contribution in [0.15, 0.2) is 0 Å². The average Bonchev–Trinajstić information content (AvgIpc) is 1.82. The van der Waals surface area contributed by atoms with Crippen LogP contribution in [0.2, 0.25) is 0 Å². The van der Waals surface area contributed by atoms with E-state index in [2.05, 4.69) is 23.9 Å². The van der Waals surface area contributed by atoms with E-state index >= 15 is 0 Å². The molecule has 0 amide bonds. The molecule has 0 aromatic carbocycles. The Balaban J connectivity index is 2.29. The minimum Gasteiger partial charge on any atom is -0.386 e. The van der Waals surface area contributed by atoms with Crippen LogP contribution < -0.4 is 5.73 Å². The molecule has 1 aliphatic heterocycles. The zero-order valence-corrected chi connectivity index (χ0v) is 8.04. The quantitative estimate of drug-likeness (QED) is 0.446. The number of amidine groups is 1. The van der Waals surface area contributed by atoms with Crippen molar-refractivity contribution in [1.82, 2.24) is 9.80 Å². The zero-order chi connectivity index (χ0) is 9.30. The monoisotopic (exact) mass is 170 g/mol. The van der Waals surface area contributed by atoms with Crippen molar-refractivity contribution in [1.29, 1.82) is 5.41 Å². The Morgan fingerprint density at radius 3 is 2.42 bits per heavy atom. The van der Waals surface area contributed by atoms with Crippen LogP contribution in [0, 0.1) is 5.41 Å². The smallest absolute Gasteiger partial charge is 0.108 e. The maximum Gasteiger partial charge on any atom is 0.108 e. The lowest BCUT2D eigenvalue weighted by atomic mass is 10.0. The maximum atomic E-state index is 7.26. The van der Waals surface area contributed by atoms with E-state index in [1.165, 1.54) is 0 Å². The Hall–Kier alpha value is -0.610. The van der Waals surface area contributed by atoms with Gasteiger partial charge in [0.1, 0.15) is 5.84 Å². The Labute approximate surface area is 73.8 Å². The van der Waals surface area contributed by atoms with E-state index in [0.717, 1.165) is 13.1 Å². The average molecular weight is 170 g/mol. The number of nitrogens with one attached hydrogen (secondary N) is 1. The highest BCUT2D eigenvalue weighted by Crippen LogP contribution is 2.15. The SMILES string of the molecule is CC(C(=N)N)N1CC(N(C)C)C1. The first-order chi connectivity index (χ1) is 5.52. The molecule has 0 aromatic rings. The Bertz CT molecular complexity index is 172. The highest BCUT2D eigenvalue weighted by molar-refractivity contribution is 5.82. The van der Waals surface area contributed by atoms with Crippen molar-refractivity contribution in [3.8, 4) is 0 Å². The lowest BCUT2D eigenvalue weighted by Crippen LogP contribution is -2.62. The van der Waals surface area contributed by atoms with Gasteiger partial charge in [0.25, 0.3) is 0 Å². The van der Waals surface area contributed by atoms with Gasteiger partial charge in [0, 0.05) is 19.1 Å². The van der Waals surface area contributed by atoms with Gasteiger partial charge < -0.3 is 10.6 Å². The van der Waals surface area contributed by atoms with Gasteiger partial charge in [-0.25, -0.2) is 0 Å². The molecule has 0 aliphatic carbocycles. The minimum absolute atomic E-state index is 0.112. The molecule has 0 aromatic heterocycles. The largest absolute Gasteiger partial charge is 0.386 e. The third kappa shape index (κ3) is 1.76. The lowest BCUT2D eigenvalue weighted by molar-refractivity contribution is 0.0524. The minimum atomic E-state index is 0.112. The highest BCUT2D eigenvalue weighted by atomic mass is 15.3. The predicted molar refractivity (Wildman–Crippen MR) is 50.4 cm³/mol. The van der Waals surface area contributed by atoms with Gasteiger partial charge in [-0.15, -0.1) is 0 Å². The van der Waals surface area contributed by atoms with Crippen LogP contribution in [0.4, 0.5) is 0 Å². The second-order valence-electron chi connectivity index (χ2n) is 3.70. The van der Waals surface area contributed by atoms with Gasteiger partial charge in [-0.05, 0) is 21.0 Å². The second-order valence-corrected chi connectivity index (χ2v) is 3.70. The molecule has 12 heavy (non-hydrogen) atoms. The van der Waals surface area contributed by atoms with Gasteiger partial charge in [0.2, 0.25) is 0 Å². The first kappa shape index (κ1) is 9.48. The number of nitrogens with two attached hydrogens (primary N) is 1. The molecule has 0 saturated carbocycles. The van der Waals surface area contributed by atoms with Gasteiger partial charge in [0.15, 0.2) is 0 Å². The fourth-order valence-corrected chi connectivity index (χ4v) is 1.33. The lowest BCUT2D eigenvalue weighted by Gasteiger charge is -2.45. The molecule has 0 spiro atoms. The molecule has 3 N–H and O–H groups in total. The van der Waals surface area contributed by atoms with Crippen LogP contribution in [0.5, 0.6) is 0 Å². The van der Waals surface area contributed by atoms with E-state index < -0.39 is 0 Å². The van der Waals surface area contributed by atoms with Crippen molar-refractivity contribution >= 4 is 5.84 Å². The number of rotatable bonds is 3. The Morgan fingerprint density at radius 2 is 2.08 bits per heavy atom. The summed E-state index contributed by atoms with van der Waals surface area (Å²) in [5.74, 6) is 0.271.